The quantitative estimate of drug-likeness (QED) is 0.759. The first-order valence-electron chi connectivity index (χ1n) is 8.25. The third-order valence-corrected chi connectivity index (χ3v) is 4.40. The Morgan fingerprint density at radius 1 is 1.04 bits per heavy atom. The summed E-state index contributed by atoms with van der Waals surface area (Å²) in [5.41, 5.74) is 2.44. The molecule has 0 radical (unpaired) electrons. The Hall–Kier alpha value is -2.34. The van der Waals surface area contributed by atoms with Crippen LogP contribution in [0.25, 0.3) is 0 Å². The molecule has 1 amide bonds. The van der Waals surface area contributed by atoms with Crippen LogP contribution in [0.2, 0.25) is 0 Å². The minimum Gasteiger partial charge on any atom is -0.350 e. The number of hydrogen-bond acceptors (Lipinski definition) is 3. The highest BCUT2D eigenvalue weighted by Gasteiger charge is 2.14. The van der Waals surface area contributed by atoms with Gasteiger partial charge in [0.25, 0.3) is 0 Å². The van der Waals surface area contributed by atoms with Gasteiger partial charge in [-0.15, -0.1) is 0 Å². The van der Waals surface area contributed by atoms with E-state index in [1.54, 1.807) is 12.1 Å². The second-order valence-electron chi connectivity index (χ2n) is 6.09. The van der Waals surface area contributed by atoms with Crippen molar-refractivity contribution < 1.29 is 13.2 Å². The molecule has 0 saturated heterocycles. The van der Waals surface area contributed by atoms with Gasteiger partial charge in [0.1, 0.15) is 0 Å². The molecule has 0 spiro atoms. The van der Waals surface area contributed by atoms with E-state index in [1.165, 1.54) is 5.56 Å². The van der Waals surface area contributed by atoms with Crippen molar-refractivity contribution in [2.75, 3.05) is 11.0 Å². The highest BCUT2D eigenvalue weighted by molar-refractivity contribution is 7.92. The summed E-state index contributed by atoms with van der Waals surface area (Å²) in [6, 6.07) is 16.8. The number of hydrogen-bond donors (Lipinski definition) is 2. The predicted molar refractivity (Wildman–Crippen MR) is 101 cm³/mol. The molecule has 2 N–H and O–H groups in total. The highest BCUT2D eigenvalue weighted by Crippen LogP contribution is 2.23. The SMILES string of the molecule is CC(NC(=O)CCCc1ccccc1)c1ccccc1NS(C)(=O)=O. The van der Waals surface area contributed by atoms with Gasteiger partial charge in [-0.2, -0.15) is 0 Å². The first-order valence-corrected chi connectivity index (χ1v) is 10.1. The number of anilines is 1. The summed E-state index contributed by atoms with van der Waals surface area (Å²) < 4.78 is 25.4. The second-order valence-corrected chi connectivity index (χ2v) is 7.84. The van der Waals surface area contributed by atoms with E-state index >= 15 is 0 Å². The Labute approximate surface area is 149 Å². The molecule has 1 atom stereocenters. The smallest absolute Gasteiger partial charge is 0.229 e. The van der Waals surface area contributed by atoms with Crippen LogP contribution in [0.3, 0.4) is 0 Å². The minimum atomic E-state index is -3.37. The number of para-hydroxylation sites is 1. The van der Waals surface area contributed by atoms with E-state index in [2.05, 4.69) is 10.0 Å². The van der Waals surface area contributed by atoms with Crippen LogP contribution in [0, 0.1) is 0 Å². The summed E-state index contributed by atoms with van der Waals surface area (Å²) in [5, 5.41) is 2.93. The van der Waals surface area contributed by atoms with E-state index in [0.29, 0.717) is 12.1 Å². The molecule has 6 heteroatoms. The van der Waals surface area contributed by atoms with Gasteiger partial charge < -0.3 is 5.32 Å². The van der Waals surface area contributed by atoms with E-state index in [-0.39, 0.29) is 11.9 Å². The summed E-state index contributed by atoms with van der Waals surface area (Å²) in [5.74, 6) is -0.0439. The van der Waals surface area contributed by atoms with Gasteiger partial charge in [0.05, 0.1) is 18.0 Å². The largest absolute Gasteiger partial charge is 0.350 e. The number of carbonyl (C=O) groups is 1. The van der Waals surface area contributed by atoms with E-state index in [9.17, 15) is 13.2 Å². The second kappa shape index (κ2) is 8.67. The lowest BCUT2D eigenvalue weighted by molar-refractivity contribution is -0.121. The van der Waals surface area contributed by atoms with Crippen LogP contribution in [0.4, 0.5) is 5.69 Å². The zero-order valence-corrected chi connectivity index (χ0v) is 15.3. The normalized spacial score (nSPS) is 12.4. The van der Waals surface area contributed by atoms with Crippen molar-refractivity contribution in [1.29, 1.82) is 0 Å². The Bertz CT molecular complexity index is 804. The summed E-state index contributed by atoms with van der Waals surface area (Å²) in [7, 11) is -3.37. The number of aryl methyl sites for hydroxylation is 1. The number of amides is 1. The first-order chi connectivity index (χ1) is 11.8. The Balaban J connectivity index is 1.91. The third-order valence-electron chi connectivity index (χ3n) is 3.81. The number of benzene rings is 2. The predicted octanol–water partition coefficient (Wildman–Crippen LogP) is 3.26. The number of sulfonamides is 1. The van der Waals surface area contributed by atoms with Gasteiger partial charge >= 0.3 is 0 Å². The Morgan fingerprint density at radius 2 is 1.68 bits per heavy atom. The van der Waals surface area contributed by atoms with Crippen LogP contribution < -0.4 is 10.0 Å². The molecule has 0 aliphatic carbocycles. The van der Waals surface area contributed by atoms with Gasteiger partial charge in [-0.1, -0.05) is 48.5 Å². The van der Waals surface area contributed by atoms with Gasteiger partial charge in [0.2, 0.25) is 15.9 Å². The fourth-order valence-corrected chi connectivity index (χ4v) is 3.24. The van der Waals surface area contributed by atoms with Gasteiger partial charge in [-0.05, 0) is 37.0 Å². The molecule has 0 aliphatic rings. The number of carbonyl (C=O) groups excluding carboxylic acids is 1. The summed E-state index contributed by atoms with van der Waals surface area (Å²) >= 11 is 0. The minimum absolute atomic E-state index is 0.0439. The molecule has 0 heterocycles. The standard InChI is InChI=1S/C19H24N2O3S/c1-15(17-12-6-7-13-18(17)21-25(2,23)24)20-19(22)14-8-11-16-9-4-3-5-10-16/h3-7,9-10,12-13,15,21H,8,11,14H2,1-2H3,(H,20,22). The van der Waals surface area contributed by atoms with E-state index < -0.39 is 10.0 Å². The lowest BCUT2D eigenvalue weighted by atomic mass is 10.1. The summed E-state index contributed by atoms with van der Waals surface area (Å²) in [6.07, 6.45) is 3.16. The molecular weight excluding hydrogens is 336 g/mol. The third kappa shape index (κ3) is 6.58. The molecular formula is C19H24N2O3S. The molecule has 0 fully saturated rings. The van der Waals surface area contributed by atoms with Gasteiger partial charge in [0, 0.05) is 6.42 Å². The van der Waals surface area contributed by atoms with Gasteiger partial charge in [0.15, 0.2) is 0 Å². The van der Waals surface area contributed by atoms with Crippen molar-refractivity contribution in [2.45, 2.75) is 32.2 Å². The fourth-order valence-electron chi connectivity index (χ4n) is 2.66. The maximum absolute atomic E-state index is 12.2. The number of rotatable bonds is 8. The maximum Gasteiger partial charge on any atom is 0.229 e. The van der Waals surface area contributed by atoms with Crippen molar-refractivity contribution in [3.05, 3.63) is 65.7 Å². The average Bonchev–Trinajstić information content (AvgIpc) is 2.54. The van der Waals surface area contributed by atoms with Crippen LogP contribution in [0.1, 0.15) is 36.9 Å². The summed E-state index contributed by atoms with van der Waals surface area (Å²) in [6.45, 7) is 1.85. The molecule has 0 aliphatic heterocycles. The molecule has 1 unspecified atom stereocenters. The van der Waals surface area contributed by atoms with Crippen LogP contribution >= 0.6 is 0 Å². The molecule has 2 rings (SSSR count). The molecule has 0 bridgehead atoms. The molecule has 134 valence electrons. The van der Waals surface area contributed by atoms with Crippen LogP contribution in [0.15, 0.2) is 54.6 Å². The lowest BCUT2D eigenvalue weighted by Crippen LogP contribution is -2.27. The molecule has 0 aromatic heterocycles. The van der Waals surface area contributed by atoms with Crippen molar-refractivity contribution in [1.82, 2.24) is 5.32 Å². The number of nitrogens with one attached hydrogen (secondary N) is 2. The maximum atomic E-state index is 12.2. The van der Waals surface area contributed by atoms with Crippen molar-refractivity contribution in [3.63, 3.8) is 0 Å². The zero-order chi connectivity index (χ0) is 18.3. The van der Waals surface area contributed by atoms with Gasteiger partial charge in [-0.25, -0.2) is 8.42 Å². The fraction of sp³-hybridized carbons (Fsp3) is 0.316. The van der Waals surface area contributed by atoms with Crippen molar-refractivity contribution in [3.8, 4) is 0 Å². The molecule has 2 aromatic rings. The zero-order valence-electron chi connectivity index (χ0n) is 14.5. The van der Waals surface area contributed by atoms with Crippen molar-refractivity contribution in [2.24, 2.45) is 0 Å². The molecule has 0 saturated carbocycles. The summed E-state index contributed by atoms with van der Waals surface area (Å²) in [4.78, 5) is 12.2. The molecule has 25 heavy (non-hydrogen) atoms. The molecule has 2 aromatic carbocycles. The lowest BCUT2D eigenvalue weighted by Gasteiger charge is -2.18. The highest BCUT2D eigenvalue weighted by atomic mass is 32.2. The van der Waals surface area contributed by atoms with E-state index in [4.69, 9.17) is 0 Å². The average molecular weight is 360 g/mol. The monoisotopic (exact) mass is 360 g/mol. The Kier molecular flexibility index (Phi) is 6.58. The molecule has 5 nitrogen and oxygen atoms in total. The van der Waals surface area contributed by atoms with E-state index in [1.807, 2.05) is 49.4 Å². The van der Waals surface area contributed by atoms with E-state index in [0.717, 1.165) is 24.7 Å². The van der Waals surface area contributed by atoms with Crippen LogP contribution in [0.5, 0.6) is 0 Å². The van der Waals surface area contributed by atoms with Crippen molar-refractivity contribution >= 4 is 21.6 Å². The first kappa shape index (κ1) is 19.0. The van der Waals surface area contributed by atoms with Crippen LogP contribution in [-0.4, -0.2) is 20.6 Å². The van der Waals surface area contributed by atoms with Crippen LogP contribution in [-0.2, 0) is 21.2 Å². The Morgan fingerprint density at radius 3 is 2.36 bits per heavy atom. The van der Waals surface area contributed by atoms with Gasteiger partial charge in [-0.3, -0.25) is 9.52 Å². The topological polar surface area (TPSA) is 75.3 Å².